The van der Waals surface area contributed by atoms with E-state index in [-0.39, 0.29) is 11.3 Å². The van der Waals surface area contributed by atoms with Crippen LogP contribution in [0.25, 0.3) is 11.2 Å². The maximum Gasteiger partial charge on any atom is 0.246 e. The van der Waals surface area contributed by atoms with Gasteiger partial charge in [-0.1, -0.05) is 19.9 Å². The van der Waals surface area contributed by atoms with Gasteiger partial charge in [-0.2, -0.15) is 0 Å². The highest BCUT2D eigenvalue weighted by molar-refractivity contribution is 5.89. The van der Waals surface area contributed by atoms with Crippen molar-refractivity contribution in [1.29, 1.82) is 0 Å². The van der Waals surface area contributed by atoms with Gasteiger partial charge in [-0.05, 0) is 73.7 Å². The fourth-order valence-corrected chi connectivity index (χ4v) is 8.32. The Morgan fingerprint density at radius 1 is 1.16 bits per heavy atom. The standard InChI is InChI=1S/C25H33N5O/c1-24-10-8-18-16(5-7-20-25(18,2)11-9-22(31)30(20)3)17(24)6-4-15(24)12-21-28-19-13-26-14-27-23(19)29-21/h9,11,13-18,20H,4-8,10,12H2,1-3H3,(H,26,27,28,29)/t15-,16+,17+,18+,20-,24-,25-/m1/s1. The zero-order valence-electron chi connectivity index (χ0n) is 18.8. The van der Waals surface area contributed by atoms with Gasteiger partial charge in [-0.15, -0.1) is 0 Å². The van der Waals surface area contributed by atoms with Gasteiger partial charge in [0.05, 0.1) is 6.20 Å². The Morgan fingerprint density at radius 2 is 2.03 bits per heavy atom. The normalized spacial score (nSPS) is 41.8. The van der Waals surface area contributed by atoms with E-state index in [1.807, 2.05) is 24.2 Å². The smallest absolute Gasteiger partial charge is 0.246 e. The highest BCUT2D eigenvalue weighted by Gasteiger charge is 2.60. The fraction of sp³-hybridized carbons (Fsp3) is 0.680. The first kappa shape index (κ1) is 19.4. The van der Waals surface area contributed by atoms with Crippen molar-refractivity contribution < 1.29 is 4.79 Å². The number of imidazole rings is 1. The number of H-pyrrole nitrogens is 1. The number of aromatic amines is 1. The van der Waals surface area contributed by atoms with Crippen molar-refractivity contribution in [2.75, 3.05) is 7.05 Å². The Kier molecular flexibility index (Phi) is 4.16. The van der Waals surface area contributed by atoms with Gasteiger partial charge in [0.1, 0.15) is 17.7 Å². The Hall–Kier alpha value is -2.24. The lowest BCUT2D eigenvalue weighted by molar-refractivity contribution is -0.138. The van der Waals surface area contributed by atoms with Crippen LogP contribution in [0.15, 0.2) is 24.7 Å². The monoisotopic (exact) mass is 419 g/mol. The first-order chi connectivity index (χ1) is 14.9. The van der Waals surface area contributed by atoms with Gasteiger partial charge in [0, 0.05) is 24.9 Å². The van der Waals surface area contributed by atoms with E-state index in [0.717, 1.165) is 41.7 Å². The van der Waals surface area contributed by atoms with E-state index in [4.69, 9.17) is 4.98 Å². The lowest BCUT2D eigenvalue weighted by atomic mass is 9.47. The van der Waals surface area contributed by atoms with Crippen LogP contribution >= 0.6 is 0 Å². The molecule has 0 unspecified atom stereocenters. The molecule has 0 spiro atoms. The molecule has 7 atom stereocenters. The first-order valence-corrected chi connectivity index (χ1v) is 12.0. The molecule has 31 heavy (non-hydrogen) atoms. The van der Waals surface area contributed by atoms with E-state index < -0.39 is 0 Å². The largest absolute Gasteiger partial charge is 0.339 e. The molecule has 1 N–H and O–H groups in total. The van der Waals surface area contributed by atoms with E-state index in [9.17, 15) is 4.79 Å². The number of carbonyl (C=O) groups excluding carboxylic acids is 1. The van der Waals surface area contributed by atoms with Crippen molar-refractivity contribution in [3.63, 3.8) is 0 Å². The molecule has 3 heterocycles. The van der Waals surface area contributed by atoms with E-state index in [1.165, 1.54) is 32.1 Å². The van der Waals surface area contributed by atoms with E-state index in [2.05, 4.69) is 34.9 Å². The summed E-state index contributed by atoms with van der Waals surface area (Å²) in [5.41, 5.74) is 2.23. The quantitative estimate of drug-likeness (QED) is 0.793. The number of hydrogen-bond donors (Lipinski definition) is 1. The van der Waals surface area contributed by atoms with Crippen LogP contribution in [0.5, 0.6) is 0 Å². The summed E-state index contributed by atoms with van der Waals surface area (Å²) in [4.78, 5) is 30.9. The summed E-state index contributed by atoms with van der Waals surface area (Å²) in [5.74, 6) is 4.17. The minimum absolute atomic E-state index is 0.127. The van der Waals surface area contributed by atoms with Crippen LogP contribution in [-0.4, -0.2) is 43.8 Å². The molecule has 2 aromatic rings. The van der Waals surface area contributed by atoms with Gasteiger partial charge in [-0.3, -0.25) is 4.79 Å². The van der Waals surface area contributed by atoms with Crippen LogP contribution < -0.4 is 0 Å². The van der Waals surface area contributed by atoms with Gasteiger partial charge >= 0.3 is 0 Å². The van der Waals surface area contributed by atoms with Crippen molar-refractivity contribution in [1.82, 2.24) is 24.8 Å². The second kappa shape index (κ2) is 6.63. The van der Waals surface area contributed by atoms with E-state index in [1.54, 1.807) is 6.33 Å². The summed E-state index contributed by atoms with van der Waals surface area (Å²) in [6.45, 7) is 4.99. The zero-order chi connectivity index (χ0) is 21.4. The second-order valence-electron chi connectivity index (χ2n) is 11.1. The van der Waals surface area contributed by atoms with E-state index in [0.29, 0.717) is 23.3 Å². The van der Waals surface area contributed by atoms with Gasteiger partial charge in [0.2, 0.25) is 5.91 Å². The third-order valence-electron chi connectivity index (χ3n) is 9.97. The molecule has 3 saturated carbocycles. The first-order valence-electron chi connectivity index (χ1n) is 12.0. The summed E-state index contributed by atoms with van der Waals surface area (Å²) >= 11 is 0. The van der Waals surface area contributed by atoms with Gasteiger partial charge in [0.25, 0.3) is 0 Å². The fourth-order valence-electron chi connectivity index (χ4n) is 8.32. The molecule has 6 rings (SSSR count). The summed E-state index contributed by atoms with van der Waals surface area (Å²) in [6.07, 6.45) is 16.1. The van der Waals surface area contributed by atoms with Gasteiger partial charge in [-0.25, -0.2) is 15.0 Å². The summed E-state index contributed by atoms with van der Waals surface area (Å²) < 4.78 is 0. The zero-order valence-corrected chi connectivity index (χ0v) is 18.8. The summed E-state index contributed by atoms with van der Waals surface area (Å²) in [7, 11) is 2.01. The Labute approximate surface area is 183 Å². The number of amides is 1. The Morgan fingerprint density at radius 3 is 2.87 bits per heavy atom. The van der Waals surface area contributed by atoms with Crippen LogP contribution in [0.4, 0.5) is 0 Å². The lowest BCUT2D eigenvalue weighted by Crippen LogP contribution is -2.59. The molecule has 0 aromatic carbocycles. The van der Waals surface area contributed by atoms with Crippen LogP contribution in [0.1, 0.15) is 58.2 Å². The molecule has 0 bridgehead atoms. The van der Waals surface area contributed by atoms with Crippen molar-refractivity contribution in [2.45, 2.75) is 64.8 Å². The molecule has 3 fully saturated rings. The number of fused-ring (bicyclic) bond motifs is 6. The molecule has 3 aliphatic carbocycles. The molecule has 6 nitrogen and oxygen atoms in total. The minimum atomic E-state index is 0.127. The molecule has 1 aliphatic heterocycles. The molecular weight excluding hydrogens is 386 g/mol. The van der Waals surface area contributed by atoms with Crippen LogP contribution in [-0.2, 0) is 11.2 Å². The minimum Gasteiger partial charge on any atom is -0.339 e. The average Bonchev–Trinajstić information content (AvgIpc) is 3.32. The maximum atomic E-state index is 12.3. The van der Waals surface area contributed by atoms with Gasteiger partial charge < -0.3 is 9.88 Å². The number of hydrogen-bond acceptors (Lipinski definition) is 4. The van der Waals surface area contributed by atoms with Gasteiger partial charge in [0.15, 0.2) is 5.65 Å². The summed E-state index contributed by atoms with van der Waals surface area (Å²) in [6, 6.07) is 0.365. The lowest BCUT2D eigenvalue weighted by Gasteiger charge is -2.60. The van der Waals surface area contributed by atoms with Crippen molar-refractivity contribution in [2.24, 2.45) is 34.5 Å². The van der Waals surface area contributed by atoms with Crippen molar-refractivity contribution >= 4 is 17.1 Å². The number of rotatable bonds is 2. The number of aromatic nitrogens is 4. The topological polar surface area (TPSA) is 74.8 Å². The van der Waals surface area contributed by atoms with Crippen molar-refractivity contribution in [3.05, 3.63) is 30.5 Å². The molecule has 0 saturated heterocycles. The molecule has 6 heteroatoms. The Balaban J connectivity index is 1.26. The van der Waals surface area contributed by atoms with Crippen LogP contribution in [0.3, 0.4) is 0 Å². The molecule has 1 amide bonds. The third-order valence-corrected chi connectivity index (χ3v) is 9.97. The average molecular weight is 420 g/mol. The SMILES string of the molecule is CN1C(=O)C=C[C@]2(C)[C@H]3CC[C@]4(C)[C@@H](Cc5nc6ncncc6[nH]5)CC[C@H]4[C@@H]3CC[C@@H]12. The predicted molar refractivity (Wildman–Crippen MR) is 119 cm³/mol. The second-order valence-corrected chi connectivity index (χ2v) is 11.1. The predicted octanol–water partition coefficient (Wildman–Crippen LogP) is 4.15. The van der Waals surface area contributed by atoms with Crippen molar-refractivity contribution in [3.8, 4) is 0 Å². The summed E-state index contributed by atoms with van der Waals surface area (Å²) in [5, 5.41) is 0. The molecule has 0 radical (unpaired) electrons. The highest BCUT2D eigenvalue weighted by atomic mass is 16.2. The highest BCUT2D eigenvalue weighted by Crippen LogP contribution is 2.65. The van der Waals surface area contributed by atoms with Crippen LogP contribution in [0.2, 0.25) is 0 Å². The van der Waals surface area contributed by atoms with E-state index >= 15 is 0 Å². The number of carbonyl (C=O) groups is 1. The number of nitrogens with one attached hydrogen (secondary N) is 1. The molecule has 164 valence electrons. The molecule has 2 aromatic heterocycles. The third kappa shape index (κ3) is 2.69. The molecular formula is C25H33N5O. The molecule has 4 aliphatic rings. The van der Waals surface area contributed by atoms with Crippen LogP contribution in [0, 0.1) is 34.5 Å². The number of likely N-dealkylation sites (N-methyl/N-ethyl adjacent to an activating group) is 1. The maximum absolute atomic E-state index is 12.3. The Bertz CT molecular complexity index is 1030. The number of nitrogens with zero attached hydrogens (tertiary/aromatic N) is 4.